The van der Waals surface area contributed by atoms with Gasteiger partial charge in [-0.25, -0.2) is 4.98 Å². The molecular formula is C15H17ClN2OS2. The van der Waals surface area contributed by atoms with E-state index in [1.165, 1.54) is 11.8 Å². The molecule has 0 aliphatic carbocycles. The van der Waals surface area contributed by atoms with Crippen molar-refractivity contribution in [2.24, 2.45) is 0 Å². The van der Waals surface area contributed by atoms with Crippen molar-refractivity contribution in [3.63, 3.8) is 0 Å². The molecule has 1 aromatic heterocycles. The van der Waals surface area contributed by atoms with Gasteiger partial charge in [0, 0.05) is 18.1 Å². The Morgan fingerprint density at radius 2 is 2.29 bits per heavy atom. The summed E-state index contributed by atoms with van der Waals surface area (Å²) >= 11 is 9.01. The number of hydrogen-bond acceptors (Lipinski definition) is 4. The Bertz CT molecular complexity index is 669. The first-order valence-electron chi connectivity index (χ1n) is 6.60. The summed E-state index contributed by atoms with van der Waals surface area (Å²) in [5.74, 6) is 0.511. The summed E-state index contributed by atoms with van der Waals surface area (Å²) in [4.78, 5) is 18.5. The molecule has 0 spiro atoms. The van der Waals surface area contributed by atoms with E-state index in [1.54, 1.807) is 16.2 Å². The largest absolute Gasteiger partial charge is 0.338 e. The number of carbonyl (C=O) groups excluding carboxylic acids is 1. The molecule has 1 amide bonds. The van der Waals surface area contributed by atoms with Crippen LogP contribution in [-0.4, -0.2) is 34.6 Å². The molecule has 0 N–H and O–H groups in total. The lowest BCUT2D eigenvalue weighted by atomic mass is 10.3. The minimum Gasteiger partial charge on any atom is -0.338 e. The maximum absolute atomic E-state index is 12.2. The van der Waals surface area contributed by atoms with Crippen LogP contribution < -0.4 is 0 Å². The third-order valence-corrected chi connectivity index (χ3v) is 5.24. The molecule has 0 aliphatic rings. The van der Waals surface area contributed by atoms with Crippen molar-refractivity contribution in [3.8, 4) is 0 Å². The quantitative estimate of drug-likeness (QED) is 0.574. The molecule has 0 unspecified atom stereocenters. The number of rotatable bonds is 6. The third kappa shape index (κ3) is 4.46. The summed E-state index contributed by atoms with van der Waals surface area (Å²) in [5.41, 5.74) is 1.88. The van der Waals surface area contributed by atoms with E-state index in [-0.39, 0.29) is 5.91 Å². The zero-order valence-corrected chi connectivity index (χ0v) is 14.4. The van der Waals surface area contributed by atoms with Crippen LogP contribution >= 0.6 is 34.7 Å². The van der Waals surface area contributed by atoms with Crippen molar-refractivity contribution in [2.45, 2.75) is 18.2 Å². The van der Waals surface area contributed by atoms with Gasteiger partial charge in [0.25, 0.3) is 0 Å². The summed E-state index contributed by atoms with van der Waals surface area (Å²) in [6.45, 7) is 9.08. The number of thioether (sulfide) groups is 1. The molecular weight excluding hydrogens is 324 g/mol. The fourth-order valence-corrected chi connectivity index (χ4v) is 3.98. The second-order valence-corrected chi connectivity index (χ2v) is 7.44. The van der Waals surface area contributed by atoms with E-state index in [2.05, 4.69) is 11.6 Å². The number of hydrogen-bond donors (Lipinski definition) is 0. The summed E-state index contributed by atoms with van der Waals surface area (Å²) in [6.07, 6.45) is 0. The van der Waals surface area contributed by atoms with Crippen molar-refractivity contribution in [3.05, 3.63) is 35.4 Å². The molecule has 0 fully saturated rings. The maximum Gasteiger partial charge on any atom is 0.233 e. The van der Waals surface area contributed by atoms with Crippen LogP contribution in [-0.2, 0) is 4.79 Å². The summed E-state index contributed by atoms with van der Waals surface area (Å²) in [7, 11) is 0. The zero-order valence-electron chi connectivity index (χ0n) is 12.1. The van der Waals surface area contributed by atoms with E-state index < -0.39 is 0 Å². The lowest BCUT2D eigenvalue weighted by Crippen LogP contribution is -2.33. The molecule has 0 bridgehead atoms. The lowest BCUT2D eigenvalue weighted by Gasteiger charge is -2.20. The Kier molecular flexibility index (Phi) is 5.67. The van der Waals surface area contributed by atoms with Gasteiger partial charge in [-0.2, -0.15) is 0 Å². The summed E-state index contributed by atoms with van der Waals surface area (Å²) < 4.78 is 1.98. The Morgan fingerprint density at radius 1 is 1.52 bits per heavy atom. The summed E-state index contributed by atoms with van der Waals surface area (Å²) in [5, 5.41) is 0.680. The van der Waals surface area contributed by atoms with Gasteiger partial charge in [-0.3, -0.25) is 4.79 Å². The minimum absolute atomic E-state index is 0.114. The Balaban J connectivity index is 2.00. The molecule has 21 heavy (non-hydrogen) atoms. The van der Waals surface area contributed by atoms with Gasteiger partial charge in [-0.05, 0) is 32.0 Å². The highest BCUT2D eigenvalue weighted by Gasteiger charge is 2.13. The van der Waals surface area contributed by atoms with E-state index >= 15 is 0 Å². The van der Waals surface area contributed by atoms with Gasteiger partial charge < -0.3 is 4.90 Å². The van der Waals surface area contributed by atoms with Gasteiger partial charge >= 0.3 is 0 Å². The highest BCUT2D eigenvalue weighted by molar-refractivity contribution is 8.01. The molecule has 0 saturated heterocycles. The number of nitrogens with zero attached hydrogens (tertiary/aromatic N) is 2. The maximum atomic E-state index is 12.2. The minimum atomic E-state index is 0.114. The van der Waals surface area contributed by atoms with Gasteiger partial charge in [-0.15, -0.1) is 11.3 Å². The number of thiazole rings is 1. The lowest BCUT2D eigenvalue weighted by molar-refractivity contribution is -0.127. The molecule has 0 atom stereocenters. The molecule has 2 aromatic rings. The molecule has 6 heteroatoms. The topological polar surface area (TPSA) is 33.2 Å². The zero-order chi connectivity index (χ0) is 15.4. The Morgan fingerprint density at radius 3 is 2.95 bits per heavy atom. The molecule has 1 heterocycles. The van der Waals surface area contributed by atoms with Crippen LogP contribution in [0, 0.1) is 0 Å². The molecule has 0 radical (unpaired) electrons. The van der Waals surface area contributed by atoms with Crippen molar-refractivity contribution in [1.82, 2.24) is 9.88 Å². The van der Waals surface area contributed by atoms with Crippen LogP contribution in [0.1, 0.15) is 13.8 Å². The molecule has 2 rings (SSSR count). The number of halogens is 1. The van der Waals surface area contributed by atoms with Crippen LogP contribution in [0.4, 0.5) is 0 Å². The van der Waals surface area contributed by atoms with E-state index in [0.717, 1.165) is 20.1 Å². The number of aromatic nitrogens is 1. The first-order valence-corrected chi connectivity index (χ1v) is 8.78. The molecule has 3 nitrogen and oxygen atoms in total. The molecule has 1 aromatic carbocycles. The first-order chi connectivity index (χ1) is 9.99. The van der Waals surface area contributed by atoms with E-state index in [4.69, 9.17) is 11.6 Å². The predicted molar refractivity (Wildman–Crippen MR) is 92.4 cm³/mol. The van der Waals surface area contributed by atoms with E-state index in [9.17, 15) is 4.79 Å². The Hall–Kier alpha value is -1.04. The molecule has 0 aliphatic heterocycles. The van der Waals surface area contributed by atoms with Crippen molar-refractivity contribution in [2.75, 3.05) is 18.8 Å². The predicted octanol–water partition coefficient (Wildman–Crippen LogP) is 4.47. The number of likely N-dealkylation sites (N-methyl/N-ethyl adjacent to an activating group) is 1. The highest BCUT2D eigenvalue weighted by Crippen LogP contribution is 2.31. The van der Waals surface area contributed by atoms with Gasteiger partial charge in [0.05, 0.1) is 16.0 Å². The van der Waals surface area contributed by atoms with Crippen molar-refractivity contribution >= 4 is 50.8 Å². The second kappa shape index (κ2) is 7.29. The fraction of sp³-hybridized carbons (Fsp3) is 0.333. The summed E-state index contributed by atoms with van der Waals surface area (Å²) in [6, 6.07) is 5.66. The van der Waals surface area contributed by atoms with E-state index in [0.29, 0.717) is 23.9 Å². The van der Waals surface area contributed by atoms with Gasteiger partial charge in [-0.1, -0.05) is 35.5 Å². The smallest absolute Gasteiger partial charge is 0.233 e. The van der Waals surface area contributed by atoms with Gasteiger partial charge in [0.1, 0.15) is 0 Å². The van der Waals surface area contributed by atoms with Crippen LogP contribution in [0.15, 0.2) is 34.7 Å². The SMILES string of the molecule is C=C(C)CN(CC)C(=O)CSc1nc2cc(Cl)ccc2s1. The number of amides is 1. The average molecular weight is 341 g/mol. The number of benzene rings is 1. The standard InChI is InChI=1S/C15H17ClN2OS2/c1-4-18(8-10(2)3)14(19)9-20-15-17-12-7-11(16)5-6-13(12)21-15/h5-7H,2,4,8-9H2,1,3H3. The van der Waals surface area contributed by atoms with Crippen molar-refractivity contribution < 1.29 is 4.79 Å². The number of carbonyl (C=O) groups is 1. The van der Waals surface area contributed by atoms with Crippen LogP contribution in [0.3, 0.4) is 0 Å². The van der Waals surface area contributed by atoms with E-state index in [1.807, 2.05) is 32.0 Å². The van der Waals surface area contributed by atoms with Crippen LogP contribution in [0.25, 0.3) is 10.2 Å². The molecule has 112 valence electrons. The Labute approximate surface area is 138 Å². The average Bonchev–Trinajstić information content (AvgIpc) is 2.83. The third-order valence-electron chi connectivity index (χ3n) is 2.84. The van der Waals surface area contributed by atoms with Crippen molar-refractivity contribution in [1.29, 1.82) is 0 Å². The fourth-order valence-electron chi connectivity index (χ4n) is 1.86. The second-order valence-electron chi connectivity index (χ2n) is 4.75. The molecule has 0 saturated carbocycles. The van der Waals surface area contributed by atoms with Crippen LogP contribution in [0.2, 0.25) is 5.02 Å². The normalized spacial score (nSPS) is 10.8. The number of fused-ring (bicyclic) bond motifs is 1. The van der Waals surface area contributed by atoms with Crippen LogP contribution in [0.5, 0.6) is 0 Å². The van der Waals surface area contributed by atoms with Gasteiger partial charge in [0.2, 0.25) is 5.91 Å². The first kappa shape index (κ1) is 16.3. The monoisotopic (exact) mass is 340 g/mol. The highest BCUT2D eigenvalue weighted by atomic mass is 35.5. The van der Waals surface area contributed by atoms with Gasteiger partial charge in [0.15, 0.2) is 4.34 Å².